The fourth-order valence-electron chi connectivity index (χ4n) is 4.39. The predicted molar refractivity (Wildman–Crippen MR) is 121 cm³/mol. The molecule has 2 unspecified atom stereocenters. The third-order valence-corrected chi connectivity index (χ3v) is 6.07. The van der Waals surface area contributed by atoms with E-state index in [1.54, 1.807) is 12.1 Å². The van der Waals surface area contributed by atoms with Crippen LogP contribution in [0, 0.1) is 5.92 Å². The second-order valence-corrected chi connectivity index (χ2v) is 8.44. The smallest absolute Gasteiger partial charge is 0.253 e. The van der Waals surface area contributed by atoms with Gasteiger partial charge in [0, 0.05) is 26.2 Å². The molecule has 2 aliphatic rings. The van der Waals surface area contributed by atoms with Gasteiger partial charge < -0.3 is 15.4 Å². The minimum atomic E-state index is -0.180. The molecule has 0 aliphatic carbocycles. The van der Waals surface area contributed by atoms with Gasteiger partial charge in [-0.1, -0.05) is 42.5 Å². The average Bonchev–Trinajstić information content (AvgIpc) is 3.32. The lowest BCUT2D eigenvalue weighted by Crippen LogP contribution is -2.40. The highest BCUT2D eigenvalue weighted by molar-refractivity contribution is 6.04. The Balaban J connectivity index is 1.35. The highest BCUT2D eigenvalue weighted by Crippen LogP contribution is 2.22. The Kier molecular flexibility index (Phi) is 7.33. The van der Waals surface area contributed by atoms with Crippen LogP contribution in [0.3, 0.4) is 0 Å². The summed E-state index contributed by atoms with van der Waals surface area (Å²) in [6, 6.07) is 17.6. The molecular formula is C25H31N3O3. The number of benzene rings is 2. The molecule has 2 atom stereocenters. The maximum absolute atomic E-state index is 13.0. The summed E-state index contributed by atoms with van der Waals surface area (Å²) in [5.74, 6) is -0.279. The van der Waals surface area contributed by atoms with Crippen molar-refractivity contribution < 1.29 is 14.3 Å². The van der Waals surface area contributed by atoms with E-state index in [0.717, 1.165) is 51.9 Å². The summed E-state index contributed by atoms with van der Waals surface area (Å²) in [5, 5.41) is 5.96. The fraction of sp³-hybridized carbons (Fsp3) is 0.440. The van der Waals surface area contributed by atoms with Gasteiger partial charge in [0.2, 0.25) is 5.91 Å². The highest BCUT2D eigenvalue weighted by Gasteiger charge is 2.27. The zero-order valence-corrected chi connectivity index (χ0v) is 17.9. The summed E-state index contributed by atoms with van der Waals surface area (Å²) in [7, 11) is 0. The number of nitrogens with one attached hydrogen (secondary N) is 2. The van der Waals surface area contributed by atoms with Crippen LogP contribution in [0.15, 0.2) is 54.6 Å². The molecule has 31 heavy (non-hydrogen) atoms. The van der Waals surface area contributed by atoms with E-state index in [2.05, 4.69) is 27.7 Å². The van der Waals surface area contributed by atoms with Gasteiger partial charge in [0.1, 0.15) is 0 Å². The third kappa shape index (κ3) is 5.93. The van der Waals surface area contributed by atoms with Crippen LogP contribution in [0.5, 0.6) is 0 Å². The van der Waals surface area contributed by atoms with E-state index in [9.17, 15) is 9.59 Å². The SMILES string of the molecule is O=C(NCC1CCCO1)c1ccccc1NC(=O)C1CCCN(Cc2ccccc2)C1. The lowest BCUT2D eigenvalue weighted by atomic mass is 9.96. The molecule has 2 fully saturated rings. The zero-order chi connectivity index (χ0) is 21.5. The third-order valence-electron chi connectivity index (χ3n) is 6.07. The number of amides is 2. The maximum Gasteiger partial charge on any atom is 0.253 e. The first-order valence-electron chi connectivity index (χ1n) is 11.2. The maximum atomic E-state index is 13.0. The molecule has 2 saturated heterocycles. The molecule has 2 aliphatic heterocycles. The van der Waals surface area contributed by atoms with E-state index in [-0.39, 0.29) is 23.8 Å². The number of hydrogen-bond acceptors (Lipinski definition) is 4. The van der Waals surface area contributed by atoms with Crippen molar-refractivity contribution >= 4 is 17.5 Å². The van der Waals surface area contributed by atoms with Crippen molar-refractivity contribution in [1.82, 2.24) is 10.2 Å². The summed E-state index contributed by atoms with van der Waals surface area (Å²) in [6.45, 7) is 3.84. The molecule has 2 aromatic carbocycles. The van der Waals surface area contributed by atoms with E-state index in [1.165, 1.54) is 5.56 Å². The van der Waals surface area contributed by atoms with Crippen molar-refractivity contribution in [3.63, 3.8) is 0 Å². The summed E-state index contributed by atoms with van der Waals surface area (Å²) >= 11 is 0. The Bertz CT molecular complexity index is 881. The number of carbonyl (C=O) groups is 2. The molecule has 4 rings (SSSR count). The van der Waals surface area contributed by atoms with Crippen molar-refractivity contribution in [2.75, 3.05) is 31.6 Å². The Morgan fingerprint density at radius 3 is 2.61 bits per heavy atom. The van der Waals surface area contributed by atoms with Gasteiger partial charge >= 0.3 is 0 Å². The minimum absolute atomic E-state index is 0.0165. The highest BCUT2D eigenvalue weighted by atomic mass is 16.5. The first kappa shape index (κ1) is 21.5. The number of ether oxygens (including phenoxy) is 1. The molecule has 164 valence electrons. The first-order chi connectivity index (χ1) is 15.2. The van der Waals surface area contributed by atoms with Crippen molar-refractivity contribution in [3.05, 3.63) is 65.7 Å². The van der Waals surface area contributed by atoms with Gasteiger partial charge in [0.25, 0.3) is 5.91 Å². The lowest BCUT2D eigenvalue weighted by Gasteiger charge is -2.32. The van der Waals surface area contributed by atoms with Crippen LogP contribution in [0.4, 0.5) is 5.69 Å². The predicted octanol–water partition coefficient (Wildman–Crippen LogP) is 3.45. The molecule has 2 aromatic rings. The Hall–Kier alpha value is -2.70. The van der Waals surface area contributed by atoms with Gasteiger partial charge in [-0.25, -0.2) is 0 Å². The normalized spacial score (nSPS) is 21.5. The quantitative estimate of drug-likeness (QED) is 0.718. The lowest BCUT2D eigenvalue weighted by molar-refractivity contribution is -0.121. The number of rotatable bonds is 7. The van der Waals surface area contributed by atoms with Gasteiger partial charge in [-0.3, -0.25) is 14.5 Å². The molecule has 2 amide bonds. The molecule has 2 N–H and O–H groups in total. The van der Waals surface area contributed by atoms with Crippen LogP contribution >= 0.6 is 0 Å². The average molecular weight is 422 g/mol. The number of para-hydroxylation sites is 1. The Morgan fingerprint density at radius 2 is 1.81 bits per heavy atom. The largest absolute Gasteiger partial charge is 0.376 e. The van der Waals surface area contributed by atoms with Crippen molar-refractivity contribution in [2.45, 2.75) is 38.3 Å². The van der Waals surface area contributed by atoms with Gasteiger partial charge in [-0.2, -0.15) is 0 Å². The molecule has 0 saturated carbocycles. The summed E-state index contributed by atoms with van der Waals surface area (Å²) < 4.78 is 5.58. The van der Waals surface area contributed by atoms with Gasteiger partial charge in [0.15, 0.2) is 0 Å². The summed E-state index contributed by atoms with van der Waals surface area (Å²) in [4.78, 5) is 28.1. The van der Waals surface area contributed by atoms with Gasteiger partial charge in [-0.05, 0) is 49.9 Å². The van der Waals surface area contributed by atoms with Crippen molar-refractivity contribution in [3.8, 4) is 0 Å². The van der Waals surface area contributed by atoms with E-state index in [1.807, 2.05) is 30.3 Å². The molecule has 6 nitrogen and oxygen atoms in total. The van der Waals surface area contributed by atoms with E-state index in [4.69, 9.17) is 4.74 Å². The van der Waals surface area contributed by atoms with Crippen molar-refractivity contribution in [2.24, 2.45) is 5.92 Å². The van der Waals surface area contributed by atoms with Crippen LogP contribution in [0.25, 0.3) is 0 Å². The molecule has 0 spiro atoms. The zero-order valence-electron chi connectivity index (χ0n) is 17.9. The Labute approximate surface area is 184 Å². The molecule has 0 bridgehead atoms. The van der Waals surface area contributed by atoms with Crippen molar-refractivity contribution in [1.29, 1.82) is 0 Å². The van der Waals surface area contributed by atoms with E-state index >= 15 is 0 Å². The van der Waals surface area contributed by atoms with Crippen LogP contribution in [0.1, 0.15) is 41.6 Å². The number of anilines is 1. The number of likely N-dealkylation sites (tertiary alicyclic amines) is 1. The minimum Gasteiger partial charge on any atom is -0.376 e. The van der Waals surface area contributed by atoms with E-state index in [0.29, 0.717) is 17.8 Å². The molecular weight excluding hydrogens is 390 g/mol. The molecule has 2 heterocycles. The number of carbonyl (C=O) groups excluding carboxylic acids is 2. The number of nitrogens with zero attached hydrogens (tertiary/aromatic N) is 1. The number of piperidine rings is 1. The standard InChI is InChI=1S/C25H31N3O3/c29-24(20-10-6-14-28(18-20)17-19-8-2-1-3-9-19)27-23-13-5-4-12-22(23)25(30)26-16-21-11-7-15-31-21/h1-5,8-9,12-13,20-21H,6-7,10-11,14-18H2,(H,26,30)(H,27,29). The second kappa shape index (κ2) is 10.6. The van der Waals surface area contributed by atoms with Crippen LogP contribution < -0.4 is 10.6 Å². The summed E-state index contributed by atoms with van der Waals surface area (Å²) in [5.41, 5.74) is 2.32. The van der Waals surface area contributed by atoms with Gasteiger partial charge in [-0.15, -0.1) is 0 Å². The van der Waals surface area contributed by atoms with Crippen LogP contribution in [-0.4, -0.2) is 49.1 Å². The topological polar surface area (TPSA) is 70.7 Å². The van der Waals surface area contributed by atoms with Crippen LogP contribution in [-0.2, 0) is 16.1 Å². The number of hydrogen-bond donors (Lipinski definition) is 2. The Morgan fingerprint density at radius 1 is 1.00 bits per heavy atom. The second-order valence-electron chi connectivity index (χ2n) is 8.44. The van der Waals surface area contributed by atoms with Crippen LogP contribution in [0.2, 0.25) is 0 Å². The molecule has 0 radical (unpaired) electrons. The van der Waals surface area contributed by atoms with E-state index < -0.39 is 0 Å². The summed E-state index contributed by atoms with van der Waals surface area (Å²) in [6.07, 6.45) is 3.96. The van der Waals surface area contributed by atoms with Gasteiger partial charge in [0.05, 0.1) is 23.3 Å². The fourth-order valence-corrected chi connectivity index (χ4v) is 4.39. The first-order valence-corrected chi connectivity index (χ1v) is 11.2. The monoisotopic (exact) mass is 421 g/mol. The molecule has 0 aromatic heterocycles. The molecule has 6 heteroatoms.